The number of aryl methyl sites for hydroxylation is 2. The van der Waals surface area contributed by atoms with E-state index in [0.717, 1.165) is 11.1 Å². The van der Waals surface area contributed by atoms with E-state index in [1.807, 2.05) is 62.4 Å². The topological polar surface area (TPSA) is 49.4 Å². The molecule has 0 spiro atoms. The van der Waals surface area contributed by atoms with Crippen molar-refractivity contribution in [3.05, 3.63) is 70.8 Å². The summed E-state index contributed by atoms with van der Waals surface area (Å²) < 4.78 is 0. The van der Waals surface area contributed by atoms with Crippen LogP contribution in [-0.4, -0.2) is 22.8 Å². The monoisotopic (exact) mass is 336 g/mol. The number of carbonyl (C=O) groups is 2. The highest BCUT2D eigenvalue weighted by molar-refractivity contribution is 5.90. The molecule has 1 aliphatic rings. The summed E-state index contributed by atoms with van der Waals surface area (Å²) in [4.78, 5) is 26.5. The van der Waals surface area contributed by atoms with Crippen molar-refractivity contribution in [1.29, 1.82) is 0 Å². The molecule has 4 heteroatoms. The first-order valence-electron chi connectivity index (χ1n) is 8.71. The highest BCUT2D eigenvalue weighted by atomic mass is 16.2. The molecule has 0 radical (unpaired) electrons. The number of hydrogen-bond acceptors (Lipinski definition) is 2. The second-order valence-electron chi connectivity index (χ2n) is 6.77. The highest BCUT2D eigenvalue weighted by Crippen LogP contribution is 2.22. The molecule has 2 aromatic rings. The normalized spacial score (nSPS) is 17.0. The summed E-state index contributed by atoms with van der Waals surface area (Å²) in [7, 11) is 0. The molecule has 130 valence electrons. The van der Waals surface area contributed by atoms with Gasteiger partial charge < -0.3 is 10.2 Å². The Balaban J connectivity index is 1.62. The molecule has 1 unspecified atom stereocenters. The van der Waals surface area contributed by atoms with E-state index in [1.54, 1.807) is 4.90 Å². The molecular weight excluding hydrogens is 312 g/mol. The Morgan fingerprint density at radius 3 is 2.16 bits per heavy atom. The molecule has 1 aliphatic heterocycles. The lowest BCUT2D eigenvalue weighted by Gasteiger charge is -2.24. The number of nitrogens with one attached hydrogen (secondary N) is 1. The maximum atomic E-state index is 12.6. The molecule has 1 atom stereocenters. The van der Waals surface area contributed by atoms with Crippen LogP contribution in [0.25, 0.3) is 0 Å². The Kier molecular flexibility index (Phi) is 5.17. The lowest BCUT2D eigenvalue weighted by molar-refractivity contribution is -0.135. The maximum absolute atomic E-state index is 12.6. The molecule has 3 rings (SSSR count). The van der Waals surface area contributed by atoms with Gasteiger partial charge in [0, 0.05) is 19.5 Å². The van der Waals surface area contributed by atoms with Crippen molar-refractivity contribution in [2.24, 2.45) is 0 Å². The standard InChI is InChI=1S/C21H24N2O2/c1-15-3-7-17(8-4-15)13-22-21(25)19-11-12-20(24)23(19)14-18-9-5-16(2)6-10-18/h3-10,19H,11-14H2,1-2H3,(H,22,25). The lowest BCUT2D eigenvalue weighted by Crippen LogP contribution is -2.44. The molecule has 1 N–H and O–H groups in total. The largest absolute Gasteiger partial charge is 0.350 e. The van der Waals surface area contributed by atoms with Gasteiger partial charge in [0.1, 0.15) is 6.04 Å². The molecular formula is C21H24N2O2. The Morgan fingerprint density at radius 1 is 1.00 bits per heavy atom. The summed E-state index contributed by atoms with van der Waals surface area (Å²) in [6.45, 7) is 5.05. The molecule has 2 aromatic carbocycles. The Bertz CT molecular complexity index is 750. The summed E-state index contributed by atoms with van der Waals surface area (Å²) in [5.74, 6) is -0.0189. The second-order valence-corrected chi connectivity index (χ2v) is 6.77. The lowest BCUT2D eigenvalue weighted by atomic mass is 10.1. The van der Waals surface area contributed by atoms with Crippen molar-refractivity contribution >= 4 is 11.8 Å². The zero-order chi connectivity index (χ0) is 17.8. The molecule has 1 fully saturated rings. The van der Waals surface area contributed by atoms with E-state index in [9.17, 15) is 9.59 Å². The first-order chi connectivity index (χ1) is 12.0. The number of likely N-dealkylation sites (tertiary alicyclic amines) is 1. The summed E-state index contributed by atoms with van der Waals surface area (Å²) in [5, 5.41) is 2.97. The van der Waals surface area contributed by atoms with Gasteiger partial charge in [-0.15, -0.1) is 0 Å². The molecule has 0 aromatic heterocycles. The van der Waals surface area contributed by atoms with Crippen molar-refractivity contribution < 1.29 is 9.59 Å². The van der Waals surface area contributed by atoms with Crippen LogP contribution in [0.5, 0.6) is 0 Å². The maximum Gasteiger partial charge on any atom is 0.243 e. The highest BCUT2D eigenvalue weighted by Gasteiger charge is 2.35. The van der Waals surface area contributed by atoms with Crippen LogP contribution < -0.4 is 5.32 Å². The second kappa shape index (κ2) is 7.51. The molecule has 25 heavy (non-hydrogen) atoms. The average molecular weight is 336 g/mol. The van der Waals surface area contributed by atoms with E-state index in [4.69, 9.17) is 0 Å². The third-order valence-corrected chi connectivity index (χ3v) is 4.69. The number of rotatable bonds is 5. The summed E-state index contributed by atoms with van der Waals surface area (Å²) in [6, 6.07) is 15.8. The van der Waals surface area contributed by atoms with Gasteiger partial charge in [0.25, 0.3) is 0 Å². The van der Waals surface area contributed by atoms with Crippen LogP contribution in [0.2, 0.25) is 0 Å². The number of amides is 2. The van der Waals surface area contributed by atoms with E-state index in [1.165, 1.54) is 11.1 Å². The smallest absolute Gasteiger partial charge is 0.243 e. The summed E-state index contributed by atoms with van der Waals surface area (Å²) >= 11 is 0. The predicted molar refractivity (Wildman–Crippen MR) is 97.8 cm³/mol. The number of carbonyl (C=O) groups excluding carboxylic acids is 2. The summed E-state index contributed by atoms with van der Waals surface area (Å²) in [5.41, 5.74) is 4.50. The van der Waals surface area contributed by atoms with Crippen LogP contribution in [-0.2, 0) is 22.7 Å². The molecule has 2 amide bonds. The van der Waals surface area contributed by atoms with E-state index in [2.05, 4.69) is 5.32 Å². The minimum absolute atomic E-state index is 0.0519. The molecule has 1 saturated heterocycles. The van der Waals surface area contributed by atoms with Crippen molar-refractivity contribution in [2.75, 3.05) is 0 Å². The number of benzene rings is 2. The first-order valence-corrected chi connectivity index (χ1v) is 8.71. The van der Waals surface area contributed by atoms with Crippen molar-refractivity contribution in [3.63, 3.8) is 0 Å². The SMILES string of the molecule is Cc1ccc(CNC(=O)C2CCC(=O)N2Cc2ccc(C)cc2)cc1. The van der Waals surface area contributed by atoms with Crippen LogP contribution in [0.15, 0.2) is 48.5 Å². The average Bonchev–Trinajstić information content (AvgIpc) is 2.97. The van der Waals surface area contributed by atoms with Gasteiger partial charge >= 0.3 is 0 Å². The van der Waals surface area contributed by atoms with Gasteiger partial charge in [-0.25, -0.2) is 0 Å². The molecule has 4 nitrogen and oxygen atoms in total. The third kappa shape index (κ3) is 4.27. The van der Waals surface area contributed by atoms with E-state index < -0.39 is 0 Å². The van der Waals surface area contributed by atoms with Crippen LogP contribution in [0.1, 0.15) is 35.1 Å². The van der Waals surface area contributed by atoms with Crippen LogP contribution in [0.4, 0.5) is 0 Å². The van der Waals surface area contributed by atoms with Crippen LogP contribution in [0, 0.1) is 13.8 Å². The third-order valence-electron chi connectivity index (χ3n) is 4.69. The van der Waals surface area contributed by atoms with Crippen molar-refractivity contribution in [2.45, 2.75) is 45.8 Å². The Morgan fingerprint density at radius 2 is 1.56 bits per heavy atom. The quantitative estimate of drug-likeness (QED) is 0.912. The fraction of sp³-hybridized carbons (Fsp3) is 0.333. The fourth-order valence-corrected chi connectivity index (χ4v) is 3.11. The van der Waals surface area contributed by atoms with Gasteiger partial charge in [0.2, 0.25) is 11.8 Å². The van der Waals surface area contributed by atoms with E-state index in [0.29, 0.717) is 25.9 Å². The van der Waals surface area contributed by atoms with Gasteiger partial charge in [-0.2, -0.15) is 0 Å². The number of hydrogen-bond donors (Lipinski definition) is 1. The minimum atomic E-state index is -0.376. The molecule has 1 heterocycles. The Hall–Kier alpha value is -2.62. The van der Waals surface area contributed by atoms with Gasteiger partial charge in [-0.3, -0.25) is 9.59 Å². The Labute approximate surface area is 148 Å². The zero-order valence-electron chi connectivity index (χ0n) is 14.8. The van der Waals surface area contributed by atoms with Gasteiger partial charge in [-0.1, -0.05) is 59.7 Å². The van der Waals surface area contributed by atoms with E-state index >= 15 is 0 Å². The van der Waals surface area contributed by atoms with Gasteiger partial charge in [0.05, 0.1) is 0 Å². The van der Waals surface area contributed by atoms with Crippen LogP contribution in [0.3, 0.4) is 0 Å². The fourth-order valence-electron chi connectivity index (χ4n) is 3.11. The van der Waals surface area contributed by atoms with Gasteiger partial charge in [-0.05, 0) is 31.4 Å². The van der Waals surface area contributed by atoms with Gasteiger partial charge in [0.15, 0.2) is 0 Å². The minimum Gasteiger partial charge on any atom is -0.350 e. The molecule has 0 bridgehead atoms. The van der Waals surface area contributed by atoms with E-state index in [-0.39, 0.29) is 17.9 Å². The van der Waals surface area contributed by atoms with Crippen LogP contribution >= 0.6 is 0 Å². The molecule has 0 saturated carbocycles. The summed E-state index contributed by atoms with van der Waals surface area (Å²) in [6.07, 6.45) is 1.03. The van der Waals surface area contributed by atoms with Crippen molar-refractivity contribution in [3.8, 4) is 0 Å². The van der Waals surface area contributed by atoms with Crippen molar-refractivity contribution in [1.82, 2.24) is 10.2 Å². The predicted octanol–water partition coefficient (Wildman–Crippen LogP) is 3.11. The molecule has 0 aliphatic carbocycles. The number of nitrogens with zero attached hydrogens (tertiary/aromatic N) is 1. The first kappa shape index (κ1) is 17.2. The zero-order valence-corrected chi connectivity index (χ0v) is 14.8.